The highest BCUT2D eigenvalue weighted by Gasteiger charge is 2.51. The van der Waals surface area contributed by atoms with Gasteiger partial charge in [0, 0.05) is 36.4 Å². The second kappa shape index (κ2) is 4.09. The van der Waals surface area contributed by atoms with Crippen LogP contribution in [0.5, 0.6) is 0 Å². The van der Waals surface area contributed by atoms with E-state index in [-0.39, 0.29) is 0 Å². The molecule has 0 unspecified atom stereocenters. The largest absolute Gasteiger partial charge is 0.387 e. The van der Waals surface area contributed by atoms with E-state index in [2.05, 4.69) is 9.88 Å². The van der Waals surface area contributed by atoms with Crippen LogP contribution in [0.3, 0.4) is 0 Å². The summed E-state index contributed by atoms with van der Waals surface area (Å²) < 4.78 is 0. The number of hydrogen-bond acceptors (Lipinski definition) is 3. The summed E-state index contributed by atoms with van der Waals surface area (Å²) in [4.78, 5) is 6.22. The normalized spacial score (nSPS) is 23.5. The van der Waals surface area contributed by atoms with Crippen molar-refractivity contribution < 1.29 is 5.11 Å². The Hall–Kier alpha value is -0.350. The molecule has 0 radical (unpaired) electrons. The van der Waals surface area contributed by atoms with E-state index in [4.69, 9.17) is 23.2 Å². The van der Waals surface area contributed by atoms with Crippen LogP contribution in [-0.2, 0) is 6.54 Å². The Morgan fingerprint density at radius 3 is 2.71 bits per heavy atom. The Labute approximate surface area is 110 Å². The summed E-state index contributed by atoms with van der Waals surface area (Å²) in [6, 6.07) is 1.66. The Morgan fingerprint density at radius 2 is 2.12 bits per heavy atom. The quantitative estimate of drug-likeness (QED) is 0.859. The van der Waals surface area contributed by atoms with Crippen LogP contribution in [0.2, 0.25) is 10.2 Å². The van der Waals surface area contributed by atoms with Crippen molar-refractivity contribution in [2.75, 3.05) is 13.1 Å². The lowest BCUT2D eigenvalue weighted by Gasteiger charge is -2.47. The number of β-amino-alcohol motifs (C(OH)–C–C–N with tert-alkyl or cyclic N) is 1. The first kappa shape index (κ1) is 11.7. The third kappa shape index (κ3) is 2.29. The molecule has 0 aromatic carbocycles. The molecular weight excluding hydrogens is 259 g/mol. The summed E-state index contributed by atoms with van der Waals surface area (Å²) in [7, 11) is 0. The Bertz CT molecular complexity index is 442. The van der Waals surface area contributed by atoms with Crippen LogP contribution in [0.4, 0.5) is 0 Å². The fourth-order valence-corrected chi connectivity index (χ4v) is 2.94. The molecule has 0 bridgehead atoms. The molecule has 1 saturated heterocycles. The first-order valence-electron chi connectivity index (χ1n) is 5.81. The number of aliphatic hydroxyl groups is 1. The minimum Gasteiger partial charge on any atom is -0.387 e. The van der Waals surface area contributed by atoms with Crippen molar-refractivity contribution in [2.45, 2.75) is 25.0 Å². The molecule has 1 aliphatic heterocycles. The van der Waals surface area contributed by atoms with E-state index in [1.165, 1.54) is 12.8 Å². The van der Waals surface area contributed by atoms with Crippen molar-refractivity contribution in [1.29, 1.82) is 0 Å². The Balaban J connectivity index is 1.61. The van der Waals surface area contributed by atoms with Gasteiger partial charge in [-0.25, -0.2) is 4.98 Å². The molecule has 2 heterocycles. The average Bonchev–Trinajstić information content (AvgIpc) is 3.02. The van der Waals surface area contributed by atoms with E-state index in [9.17, 15) is 5.11 Å². The van der Waals surface area contributed by atoms with Gasteiger partial charge in [-0.2, -0.15) is 0 Å². The van der Waals surface area contributed by atoms with Gasteiger partial charge in [0.2, 0.25) is 0 Å². The molecule has 2 fully saturated rings. The number of rotatable bonds is 3. The highest BCUT2D eigenvalue weighted by atomic mass is 35.5. The minimum absolute atomic E-state index is 0.414. The predicted molar refractivity (Wildman–Crippen MR) is 67.2 cm³/mol. The number of hydrogen-bond donors (Lipinski definition) is 1. The maximum absolute atomic E-state index is 10.2. The molecule has 0 atom stereocenters. The molecule has 1 aliphatic carbocycles. The van der Waals surface area contributed by atoms with Crippen LogP contribution in [0.25, 0.3) is 0 Å². The van der Waals surface area contributed by atoms with E-state index < -0.39 is 5.60 Å². The SMILES string of the molecule is OC1(C2CC2)CN(Cc2cnc(Cl)cc2Cl)C1. The molecule has 1 saturated carbocycles. The lowest BCUT2D eigenvalue weighted by molar-refractivity contribution is -0.116. The lowest BCUT2D eigenvalue weighted by Crippen LogP contribution is -2.62. The van der Waals surface area contributed by atoms with Gasteiger partial charge in [-0.15, -0.1) is 0 Å². The first-order valence-corrected chi connectivity index (χ1v) is 6.57. The summed E-state index contributed by atoms with van der Waals surface area (Å²) in [5.74, 6) is 0.526. The van der Waals surface area contributed by atoms with E-state index in [0.717, 1.165) is 25.2 Å². The smallest absolute Gasteiger partial charge is 0.130 e. The Kier molecular flexibility index (Phi) is 2.82. The van der Waals surface area contributed by atoms with Crippen LogP contribution in [-0.4, -0.2) is 33.7 Å². The van der Waals surface area contributed by atoms with E-state index >= 15 is 0 Å². The van der Waals surface area contributed by atoms with Crippen LogP contribution in [0, 0.1) is 5.92 Å². The number of likely N-dealkylation sites (tertiary alicyclic amines) is 1. The monoisotopic (exact) mass is 272 g/mol. The van der Waals surface area contributed by atoms with Crippen LogP contribution in [0.1, 0.15) is 18.4 Å². The molecule has 3 nitrogen and oxygen atoms in total. The van der Waals surface area contributed by atoms with Crippen LogP contribution < -0.4 is 0 Å². The third-order valence-electron chi connectivity index (χ3n) is 3.62. The molecular formula is C12H14Cl2N2O. The lowest BCUT2D eigenvalue weighted by atomic mass is 9.88. The number of pyridine rings is 1. The summed E-state index contributed by atoms with van der Waals surface area (Å²) in [5.41, 5.74) is 0.528. The highest BCUT2D eigenvalue weighted by Crippen LogP contribution is 2.44. The maximum Gasteiger partial charge on any atom is 0.130 e. The molecule has 92 valence electrons. The highest BCUT2D eigenvalue weighted by molar-refractivity contribution is 6.34. The van der Waals surface area contributed by atoms with E-state index in [1.54, 1.807) is 12.3 Å². The maximum atomic E-state index is 10.2. The van der Waals surface area contributed by atoms with Crippen molar-refractivity contribution in [3.63, 3.8) is 0 Å². The van der Waals surface area contributed by atoms with E-state index in [0.29, 0.717) is 16.1 Å². The first-order chi connectivity index (χ1) is 8.07. The van der Waals surface area contributed by atoms with Crippen LogP contribution >= 0.6 is 23.2 Å². The number of halogens is 2. The van der Waals surface area contributed by atoms with Crippen molar-refractivity contribution in [3.8, 4) is 0 Å². The molecule has 2 aliphatic rings. The molecule has 5 heteroatoms. The Morgan fingerprint density at radius 1 is 1.41 bits per heavy atom. The van der Waals surface area contributed by atoms with Gasteiger partial charge in [-0.1, -0.05) is 23.2 Å². The van der Waals surface area contributed by atoms with E-state index in [1.807, 2.05) is 0 Å². The zero-order chi connectivity index (χ0) is 12.0. The zero-order valence-corrected chi connectivity index (χ0v) is 10.9. The fourth-order valence-electron chi connectivity index (χ4n) is 2.51. The second-order valence-electron chi connectivity index (χ2n) is 5.12. The molecule has 3 rings (SSSR count). The van der Waals surface area contributed by atoms with Crippen LogP contribution in [0.15, 0.2) is 12.3 Å². The number of aromatic nitrogens is 1. The third-order valence-corrected chi connectivity index (χ3v) is 4.18. The summed E-state index contributed by atoms with van der Waals surface area (Å²) in [5, 5.41) is 11.3. The summed E-state index contributed by atoms with van der Waals surface area (Å²) >= 11 is 11.8. The zero-order valence-electron chi connectivity index (χ0n) is 9.37. The van der Waals surface area contributed by atoms with Gasteiger partial charge < -0.3 is 5.11 Å². The van der Waals surface area contributed by atoms with Gasteiger partial charge in [0.25, 0.3) is 0 Å². The van der Waals surface area contributed by atoms with Gasteiger partial charge in [0.05, 0.1) is 5.60 Å². The van der Waals surface area contributed by atoms with Gasteiger partial charge >= 0.3 is 0 Å². The van der Waals surface area contributed by atoms with Crippen molar-refractivity contribution in [3.05, 3.63) is 28.0 Å². The summed E-state index contributed by atoms with van der Waals surface area (Å²) in [6.07, 6.45) is 4.06. The summed E-state index contributed by atoms with van der Waals surface area (Å²) in [6.45, 7) is 2.23. The van der Waals surface area contributed by atoms with Gasteiger partial charge in [-0.05, 0) is 24.8 Å². The molecule has 1 aromatic heterocycles. The second-order valence-corrected chi connectivity index (χ2v) is 5.92. The minimum atomic E-state index is -0.438. The van der Waals surface area contributed by atoms with Crippen molar-refractivity contribution >= 4 is 23.2 Å². The van der Waals surface area contributed by atoms with Crippen molar-refractivity contribution in [1.82, 2.24) is 9.88 Å². The van der Waals surface area contributed by atoms with Gasteiger partial charge in [-0.3, -0.25) is 4.90 Å². The molecule has 0 spiro atoms. The molecule has 1 aromatic rings. The average molecular weight is 273 g/mol. The molecule has 1 N–H and O–H groups in total. The molecule has 17 heavy (non-hydrogen) atoms. The predicted octanol–water partition coefficient (Wildman–Crippen LogP) is 2.35. The number of nitrogens with zero attached hydrogens (tertiary/aromatic N) is 2. The van der Waals surface area contributed by atoms with Crippen molar-refractivity contribution in [2.24, 2.45) is 5.92 Å². The fraction of sp³-hybridized carbons (Fsp3) is 0.583. The van der Waals surface area contributed by atoms with Gasteiger partial charge in [0.1, 0.15) is 5.15 Å². The standard InChI is InChI=1S/C12H14Cl2N2O/c13-10-3-11(14)15-4-8(10)5-16-6-12(17,7-16)9-1-2-9/h3-4,9,17H,1-2,5-7H2. The topological polar surface area (TPSA) is 36.4 Å². The molecule has 0 amide bonds. The van der Waals surface area contributed by atoms with Gasteiger partial charge in [0.15, 0.2) is 0 Å².